The molecule has 96 valence electrons. The fraction of sp³-hybridized carbons (Fsp3) is 0.300. The lowest BCUT2D eigenvalue weighted by molar-refractivity contribution is 0.0988. The molecular formula is C10H10F2N4O2. The van der Waals surface area contributed by atoms with Crippen LogP contribution in [0.3, 0.4) is 0 Å². The number of rotatable bonds is 4. The van der Waals surface area contributed by atoms with Crippen LogP contribution in [-0.4, -0.2) is 27.3 Å². The number of alkyl halides is 2. The van der Waals surface area contributed by atoms with Crippen LogP contribution in [0.1, 0.15) is 16.2 Å². The Balaban J connectivity index is 2.01. The highest BCUT2D eigenvalue weighted by Crippen LogP contribution is 2.10. The standard InChI is InChI=1S/C10H10F2N4O2/c1-6-2-8(18-15-6)10(17)14-7-3-13-16(4-7)5-9(11)12/h2-4,9H,5H2,1H3,(H,14,17). The van der Waals surface area contributed by atoms with Gasteiger partial charge in [0.1, 0.15) is 6.54 Å². The van der Waals surface area contributed by atoms with E-state index in [-0.39, 0.29) is 5.76 Å². The van der Waals surface area contributed by atoms with Gasteiger partial charge in [0.25, 0.3) is 12.3 Å². The molecule has 0 atom stereocenters. The average molecular weight is 256 g/mol. The molecule has 0 aliphatic rings. The molecule has 0 unspecified atom stereocenters. The molecule has 0 spiro atoms. The quantitative estimate of drug-likeness (QED) is 0.903. The molecule has 0 radical (unpaired) electrons. The second kappa shape index (κ2) is 4.94. The molecule has 2 aromatic heterocycles. The van der Waals surface area contributed by atoms with E-state index in [9.17, 15) is 13.6 Å². The van der Waals surface area contributed by atoms with Crippen molar-refractivity contribution in [3.05, 3.63) is 29.9 Å². The molecule has 2 rings (SSSR count). The fourth-order valence-corrected chi connectivity index (χ4v) is 1.33. The largest absolute Gasteiger partial charge is 0.351 e. The normalized spacial score (nSPS) is 10.9. The van der Waals surface area contributed by atoms with Crippen molar-refractivity contribution >= 4 is 11.6 Å². The minimum atomic E-state index is -2.50. The van der Waals surface area contributed by atoms with Crippen LogP contribution in [-0.2, 0) is 6.54 Å². The summed E-state index contributed by atoms with van der Waals surface area (Å²) in [5.74, 6) is -0.457. The Morgan fingerprint density at radius 2 is 2.39 bits per heavy atom. The van der Waals surface area contributed by atoms with Crippen LogP contribution in [0.25, 0.3) is 0 Å². The minimum Gasteiger partial charge on any atom is -0.351 e. The summed E-state index contributed by atoms with van der Waals surface area (Å²) in [5.41, 5.74) is 0.892. The maximum atomic E-state index is 12.1. The predicted octanol–water partition coefficient (Wildman–Crippen LogP) is 1.70. The summed E-state index contributed by atoms with van der Waals surface area (Å²) in [6.45, 7) is 1.16. The Morgan fingerprint density at radius 3 is 3.00 bits per heavy atom. The van der Waals surface area contributed by atoms with Crippen molar-refractivity contribution in [2.45, 2.75) is 19.9 Å². The summed E-state index contributed by atoms with van der Waals surface area (Å²) in [4.78, 5) is 11.6. The number of anilines is 1. The highest BCUT2D eigenvalue weighted by atomic mass is 19.3. The van der Waals surface area contributed by atoms with E-state index in [4.69, 9.17) is 4.52 Å². The van der Waals surface area contributed by atoms with Gasteiger partial charge < -0.3 is 9.84 Å². The van der Waals surface area contributed by atoms with Crippen molar-refractivity contribution in [1.29, 1.82) is 0 Å². The lowest BCUT2D eigenvalue weighted by atomic mass is 10.3. The molecular weight excluding hydrogens is 246 g/mol. The molecule has 1 amide bonds. The molecule has 18 heavy (non-hydrogen) atoms. The van der Waals surface area contributed by atoms with Crippen LogP contribution in [0.15, 0.2) is 23.0 Å². The number of aryl methyl sites for hydroxylation is 1. The first-order valence-electron chi connectivity index (χ1n) is 5.10. The zero-order valence-electron chi connectivity index (χ0n) is 9.43. The van der Waals surface area contributed by atoms with Gasteiger partial charge >= 0.3 is 0 Å². The number of amides is 1. The summed E-state index contributed by atoms with van der Waals surface area (Å²) in [7, 11) is 0. The van der Waals surface area contributed by atoms with Crippen molar-refractivity contribution in [3.63, 3.8) is 0 Å². The van der Waals surface area contributed by atoms with Crippen LogP contribution < -0.4 is 5.32 Å². The number of hydrogen-bond acceptors (Lipinski definition) is 4. The van der Waals surface area contributed by atoms with Gasteiger partial charge in [0.15, 0.2) is 0 Å². The Morgan fingerprint density at radius 1 is 1.61 bits per heavy atom. The van der Waals surface area contributed by atoms with Gasteiger partial charge in [-0.15, -0.1) is 0 Å². The Bertz CT molecular complexity index is 550. The monoisotopic (exact) mass is 256 g/mol. The van der Waals surface area contributed by atoms with E-state index in [1.165, 1.54) is 18.5 Å². The molecule has 0 saturated carbocycles. The second-order valence-electron chi connectivity index (χ2n) is 3.63. The number of aromatic nitrogens is 3. The third-order valence-corrected chi connectivity index (χ3v) is 2.07. The van der Waals surface area contributed by atoms with Gasteiger partial charge in [-0.2, -0.15) is 5.10 Å². The third-order valence-electron chi connectivity index (χ3n) is 2.07. The van der Waals surface area contributed by atoms with Gasteiger partial charge in [0.05, 0.1) is 17.6 Å². The van der Waals surface area contributed by atoms with Crippen molar-refractivity contribution in [2.24, 2.45) is 0 Å². The van der Waals surface area contributed by atoms with E-state index in [0.29, 0.717) is 11.4 Å². The maximum absolute atomic E-state index is 12.1. The molecule has 0 saturated heterocycles. The Labute approximate surface area is 101 Å². The highest BCUT2D eigenvalue weighted by Gasteiger charge is 2.13. The first kappa shape index (κ1) is 12.2. The summed E-state index contributed by atoms with van der Waals surface area (Å²) < 4.78 is 30.0. The van der Waals surface area contributed by atoms with Gasteiger partial charge in [-0.05, 0) is 6.92 Å². The Hall–Kier alpha value is -2.25. The highest BCUT2D eigenvalue weighted by molar-refractivity contribution is 6.02. The van der Waals surface area contributed by atoms with E-state index in [1.54, 1.807) is 6.92 Å². The summed E-state index contributed by atoms with van der Waals surface area (Å²) in [6.07, 6.45) is 0.0990. The van der Waals surface area contributed by atoms with Crippen LogP contribution in [0.4, 0.5) is 14.5 Å². The maximum Gasteiger partial charge on any atom is 0.294 e. The number of halogens is 2. The second-order valence-corrected chi connectivity index (χ2v) is 3.63. The van der Waals surface area contributed by atoms with Gasteiger partial charge in [0.2, 0.25) is 5.76 Å². The van der Waals surface area contributed by atoms with Gasteiger partial charge in [-0.3, -0.25) is 9.48 Å². The molecule has 0 aromatic carbocycles. The average Bonchev–Trinajstić information content (AvgIpc) is 2.87. The molecule has 0 fully saturated rings. The van der Waals surface area contributed by atoms with Crippen LogP contribution in [0.2, 0.25) is 0 Å². The molecule has 0 aliphatic heterocycles. The zero-order chi connectivity index (χ0) is 13.1. The number of hydrogen-bond donors (Lipinski definition) is 1. The van der Waals surface area contributed by atoms with E-state index in [2.05, 4.69) is 15.6 Å². The first-order chi connectivity index (χ1) is 8.54. The van der Waals surface area contributed by atoms with Crippen LogP contribution in [0, 0.1) is 6.92 Å². The SMILES string of the molecule is Cc1cc(C(=O)Nc2cnn(CC(F)F)c2)on1. The lowest BCUT2D eigenvalue weighted by Gasteiger charge is -1.99. The predicted molar refractivity (Wildman–Crippen MR) is 57.4 cm³/mol. The van der Waals surface area contributed by atoms with Gasteiger partial charge in [-0.1, -0.05) is 5.16 Å². The van der Waals surface area contributed by atoms with E-state index in [0.717, 1.165) is 4.68 Å². The topological polar surface area (TPSA) is 73.0 Å². The summed E-state index contributed by atoms with van der Waals surface area (Å²) in [5, 5.41) is 9.72. The van der Waals surface area contributed by atoms with Crippen LogP contribution >= 0.6 is 0 Å². The van der Waals surface area contributed by atoms with Gasteiger partial charge in [-0.25, -0.2) is 8.78 Å². The minimum absolute atomic E-state index is 0.0501. The molecule has 8 heteroatoms. The molecule has 2 heterocycles. The molecule has 0 aliphatic carbocycles. The van der Waals surface area contributed by atoms with Gasteiger partial charge in [0, 0.05) is 12.3 Å². The summed E-state index contributed by atoms with van der Waals surface area (Å²) in [6, 6.07) is 1.47. The number of nitrogens with one attached hydrogen (secondary N) is 1. The first-order valence-corrected chi connectivity index (χ1v) is 5.10. The van der Waals surface area contributed by atoms with E-state index in [1.807, 2.05) is 0 Å². The van der Waals surface area contributed by atoms with Crippen molar-refractivity contribution in [3.8, 4) is 0 Å². The van der Waals surface area contributed by atoms with Crippen molar-refractivity contribution in [1.82, 2.24) is 14.9 Å². The number of carbonyl (C=O) groups is 1. The molecule has 2 aromatic rings. The van der Waals surface area contributed by atoms with Crippen molar-refractivity contribution in [2.75, 3.05) is 5.32 Å². The van der Waals surface area contributed by atoms with Crippen molar-refractivity contribution < 1.29 is 18.1 Å². The lowest BCUT2D eigenvalue weighted by Crippen LogP contribution is -2.10. The third kappa shape index (κ3) is 2.90. The fourth-order valence-electron chi connectivity index (χ4n) is 1.33. The summed E-state index contributed by atoms with van der Waals surface area (Å²) >= 11 is 0. The van der Waals surface area contributed by atoms with Crippen LogP contribution in [0.5, 0.6) is 0 Å². The smallest absolute Gasteiger partial charge is 0.294 e. The number of nitrogens with zero attached hydrogens (tertiary/aromatic N) is 3. The Kier molecular flexibility index (Phi) is 3.35. The molecule has 6 nitrogen and oxygen atoms in total. The molecule has 1 N–H and O–H groups in total. The van der Waals surface area contributed by atoms with E-state index < -0.39 is 18.9 Å². The zero-order valence-corrected chi connectivity index (χ0v) is 9.43. The number of carbonyl (C=O) groups excluding carboxylic acids is 1. The van der Waals surface area contributed by atoms with E-state index >= 15 is 0 Å². The molecule has 0 bridgehead atoms.